The number of rotatable bonds is 5. The predicted octanol–water partition coefficient (Wildman–Crippen LogP) is 3.17. The first-order valence-electron chi connectivity index (χ1n) is 6.67. The second-order valence-corrected chi connectivity index (χ2v) is 4.78. The van der Waals surface area contributed by atoms with Crippen molar-refractivity contribution in [1.82, 2.24) is 0 Å². The Morgan fingerprint density at radius 2 is 1.81 bits per heavy atom. The molecule has 2 rings (SSSR count). The van der Waals surface area contributed by atoms with Gasteiger partial charge in [0, 0.05) is 7.11 Å². The summed E-state index contributed by atoms with van der Waals surface area (Å²) in [7, 11) is 3.19. The molecule has 0 heterocycles. The molecule has 0 unspecified atom stereocenters. The van der Waals surface area contributed by atoms with Gasteiger partial charge in [-0.05, 0) is 41.8 Å². The molecule has 2 aromatic carbocycles. The van der Waals surface area contributed by atoms with Crippen LogP contribution >= 0.6 is 0 Å². The Balaban J connectivity index is 2.47. The lowest BCUT2D eigenvalue weighted by atomic mass is 9.99. The van der Waals surface area contributed by atoms with Crippen molar-refractivity contribution in [3.63, 3.8) is 0 Å². The highest BCUT2D eigenvalue weighted by atomic mass is 16.5. The monoisotopic (exact) mass is 285 g/mol. The summed E-state index contributed by atoms with van der Waals surface area (Å²) >= 11 is 0. The average molecular weight is 285 g/mol. The molecule has 0 aliphatic rings. The van der Waals surface area contributed by atoms with Gasteiger partial charge in [-0.15, -0.1) is 0 Å². The maximum absolute atomic E-state index is 11.5. The van der Waals surface area contributed by atoms with Crippen molar-refractivity contribution >= 4 is 5.91 Å². The van der Waals surface area contributed by atoms with Gasteiger partial charge in [-0.25, -0.2) is 0 Å². The van der Waals surface area contributed by atoms with Gasteiger partial charge in [0.05, 0.1) is 18.8 Å². The van der Waals surface area contributed by atoms with E-state index in [1.165, 1.54) is 7.11 Å². The molecule has 2 aromatic rings. The quantitative estimate of drug-likeness (QED) is 0.917. The molecule has 0 aromatic heterocycles. The van der Waals surface area contributed by atoms with Gasteiger partial charge in [0.25, 0.3) is 5.91 Å². The third kappa shape index (κ3) is 3.23. The largest absolute Gasteiger partial charge is 0.496 e. The van der Waals surface area contributed by atoms with Crippen molar-refractivity contribution in [2.45, 2.75) is 13.0 Å². The minimum absolute atomic E-state index is 0.0128. The van der Waals surface area contributed by atoms with E-state index in [1.54, 1.807) is 19.2 Å². The van der Waals surface area contributed by atoms with Crippen molar-refractivity contribution in [3.05, 3.63) is 53.6 Å². The molecule has 0 saturated heterocycles. The number of nitrogens with two attached hydrogens (primary N) is 1. The van der Waals surface area contributed by atoms with Gasteiger partial charge in [0.2, 0.25) is 0 Å². The molecular formula is C17H19NO3. The number of ether oxygens (including phenoxy) is 2. The van der Waals surface area contributed by atoms with Gasteiger partial charge in [-0.3, -0.25) is 4.79 Å². The number of methoxy groups -OCH3 is 2. The van der Waals surface area contributed by atoms with Crippen LogP contribution in [0.2, 0.25) is 0 Å². The second kappa shape index (κ2) is 6.41. The summed E-state index contributed by atoms with van der Waals surface area (Å²) in [6.07, 6.45) is 0.0128. The molecular weight excluding hydrogens is 266 g/mol. The average Bonchev–Trinajstić information content (AvgIpc) is 2.53. The Hall–Kier alpha value is -2.33. The Morgan fingerprint density at radius 1 is 1.10 bits per heavy atom. The zero-order valence-corrected chi connectivity index (χ0v) is 12.4. The van der Waals surface area contributed by atoms with E-state index in [-0.39, 0.29) is 6.10 Å². The van der Waals surface area contributed by atoms with E-state index >= 15 is 0 Å². The summed E-state index contributed by atoms with van der Waals surface area (Å²) in [5, 5.41) is 0. The third-order valence-corrected chi connectivity index (χ3v) is 3.51. The summed E-state index contributed by atoms with van der Waals surface area (Å²) in [4.78, 5) is 11.5. The number of hydrogen-bond acceptors (Lipinski definition) is 3. The van der Waals surface area contributed by atoms with Crippen LogP contribution in [0.25, 0.3) is 11.1 Å². The molecule has 4 nitrogen and oxygen atoms in total. The van der Waals surface area contributed by atoms with Gasteiger partial charge < -0.3 is 15.2 Å². The fourth-order valence-corrected chi connectivity index (χ4v) is 2.19. The highest BCUT2D eigenvalue weighted by molar-refractivity contribution is 5.97. The number of carbonyl (C=O) groups is 1. The number of amides is 1. The minimum Gasteiger partial charge on any atom is -0.496 e. The standard InChI is InChI=1S/C17H19NO3/c1-11(20-2)12-5-4-6-13(9-12)14-7-8-16(21-3)15(10-14)17(18)19/h4-11H,1-3H3,(H2,18,19)/t11-/m0/s1. The summed E-state index contributed by atoms with van der Waals surface area (Å²) in [5.41, 5.74) is 8.76. The maximum Gasteiger partial charge on any atom is 0.252 e. The van der Waals surface area contributed by atoms with Crippen LogP contribution in [0.3, 0.4) is 0 Å². The molecule has 0 radical (unpaired) electrons. The fourth-order valence-electron chi connectivity index (χ4n) is 2.19. The van der Waals surface area contributed by atoms with Gasteiger partial charge in [0.15, 0.2) is 0 Å². The van der Waals surface area contributed by atoms with Crippen molar-refractivity contribution in [2.24, 2.45) is 5.73 Å². The highest BCUT2D eigenvalue weighted by Crippen LogP contribution is 2.28. The lowest BCUT2D eigenvalue weighted by Crippen LogP contribution is -2.12. The number of primary amides is 1. The second-order valence-electron chi connectivity index (χ2n) is 4.78. The Bertz CT molecular complexity index is 652. The van der Waals surface area contributed by atoms with Gasteiger partial charge >= 0.3 is 0 Å². The molecule has 0 spiro atoms. The van der Waals surface area contributed by atoms with Crippen LogP contribution in [-0.4, -0.2) is 20.1 Å². The van der Waals surface area contributed by atoms with E-state index in [0.29, 0.717) is 11.3 Å². The molecule has 110 valence electrons. The predicted molar refractivity (Wildman–Crippen MR) is 82.4 cm³/mol. The SMILES string of the molecule is COc1ccc(-c2cccc([C@H](C)OC)c2)cc1C(N)=O. The zero-order chi connectivity index (χ0) is 15.4. The summed E-state index contributed by atoms with van der Waals surface area (Å²) in [6.45, 7) is 1.99. The third-order valence-electron chi connectivity index (χ3n) is 3.51. The molecule has 21 heavy (non-hydrogen) atoms. The van der Waals surface area contributed by atoms with Crippen molar-refractivity contribution in [1.29, 1.82) is 0 Å². The van der Waals surface area contributed by atoms with E-state index < -0.39 is 5.91 Å². The molecule has 2 N–H and O–H groups in total. The number of hydrogen-bond donors (Lipinski definition) is 1. The topological polar surface area (TPSA) is 61.6 Å². The lowest BCUT2D eigenvalue weighted by molar-refractivity contribution is 0.0997. The van der Waals surface area contributed by atoms with Crippen LogP contribution in [-0.2, 0) is 4.74 Å². The summed E-state index contributed by atoms with van der Waals surface area (Å²) in [6, 6.07) is 13.4. The fraction of sp³-hybridized carbons (Fsp3) is 0.235. The normalized spacial score (nSPS) is 12.0. The van der Waals surface area contributed by atoms with Crippen molar-refractivity contribution < 1.29 is 14.3 Å². The zero-order valence-electron chi connectivity index (χ0n) is 12.4. The smallest absolute Gasteiger partial charge is 0.252 e. The van der Waals surface area contributed by atoms with Gasteiger partial charge in [-0.1, -0.05) is 24.3 Å². The van der Waals surface area contributed by atoms with Crippen molar-refractivity contribution in [2.75, 3.05) is 14.2 Å². The van der Waals surface area contributed by atoms with Gasteiger partial charge in [-0.2, -0.15) is 0 Å². The molecule has 1 amide bonds. The number of carbonyl (C=O) groups excluding carboxylic acids is 1. The lowest BCUT2D eigenvalue weighted by Gasteiger charge is -2.12. The molecule has 4 heteroatoms. The minimum atomic E-state index is -0.505. The van der Waals surface area contributed by atoms with Crippen LogP contribution in [0.4, 0.5) is 0 Å². The maximum atomic E-state index is 11.5. The van der Waals surface area contributed by atoms with Crippen LogP contribution in [0.1, 0.15) is 28.9 Å². The molecule has 1 atom stereocenters. The molecule has 0 aliphatic heterocycles. The number of benzene rings is 2. The molecule has 0 aliphatic carbocycles. The van der Waals surface area contributed by atoms with Crippen LogP contribution in [0, 0.1) is 0 Å². The van der Waals surface area contributed by atoms with Crippen LogP contribution in [0.5, 0.6) is 5.75 Å². The molecule has 0 bridgehead atoms. The Morgan fingerprint density at radius 3 is 2.43 bits per heavy atom. The van der Waals surface area contributed by atoms with Crippen LogP contribution < -0.4 is 10.5 Å². The van der Waals surface area contributed by atoms with E-state index in [4.69, 9.17) is 15.2 Å². The summed E-state index contributed by atoms with van der Waals surface area (Å²) in [5.74, 6) is -0.0252. The van der Waals surface area contributed by atoms with E-state index in [0.717, 1.165) is 16.7 Å². The van der Waals surface area contributed by atoms with E-state index in [1.807, 2.05) is 37.3 Å². The first kappa shape index (κ1) is 15.1. The van der Waals surface area contributed by atoms with Crippen LogP contribution in [0.15, 0.2) is 42.5 Å². The Kier molecular flexibility index (Phi) is 4.60. The first-order chi connectivity index (χ1) is 10.1. The molecule has 0 saturated carbocycles. The summed E-state index contributed by atoms with van der Waals surface area (Å²) < 4.78 is 10.5. The molecule has 0 fully saturated rings. The Labute approximate surface area is 124 Å². The van der Waals surface area contributed by atoms with Gasteiger partial charge in [0.1, 0.15) is 5.75 Å². The van der Waals surface area contributed by atoms with Crippen molar-refractivity contribution in [3.8, 4) is 16.9 Å². The first-order valence-corrected chi connectivity index (χ1v) is 6.67. The van der Waals surface area contributed by atoms with E-state index in [2.05, 4.69) is 0 Å². The highest BCUT2D eigenvalue weighted by Gasteiger charge is 2.11. The van der Waals surface area contributed by atoms with E-state index in [9.17, 15) is 4.79 Å².